The molecule has 2 aliphatic rings. The highest BCUT2D eigenvalue weighted by Gasteiger charge is 2.30. The van der Waals surface area contributed by atoms with Gasteiger partial charge in [0.05, 0.1) is 6.61 Å². The number of hydrogen-bond acceptors (Lipinski definition) is 5. The second kappa shape index (κ2) is 5.63. The lowest BCUT2D eigenvalue weighted by Crippen LogP contribution is -2.23. The monoisotopic (exact) mass is 327 g/mol. The van der Waals surface area contributed by atoms with Gasteiger partial charge in [-0.05, 0) is 36.2 Å². The Morgan fingerprint density at radius 2 is 2.04 bits per heavy atom. The zero-order valence-corrected chi connectivity index (χ0v) is 13.2. The second-order valence-electron chi connectivity index (χ2n) is 5.76. The molecule has 24 heavy (non-hydrogen) atoms. The van der Waals surface area contributed by atoms with Gasteiger partial charge in [0.1, 0.15) is 0 Å². The smallest absolute Gasteiger partial charge is 0.231 e. The standard InChI is InChI=1S/C18H17NO5/c1-2-22-15-5-10(3-4-14(15)20)11-7-18(21)19-13-8-17-16(6-12(11)13)23-9-24-17/h3-6,8,11,20H,2,7,9H2,1H3,(H,19,21)/t11-/m0/s1. The Morgan fingerprint density at radius 1 is 1.25 bits per heavy atom. The third-order valence-corrected chi connectivity index (χ3v) is 4.27. The maximum atomic E-state index is 12.1. The second-order valence-corrected chi connectivity index (χ2v) is 5.76. The lowest BCUT2D eigenvalue weighted by Gasteiger charge is -2.26. The van der Waals surface area contributed by atoms with Gasteiger partial charge in [-0.1, -0.05) is 6.07 Å². The van der Waals surface area contributed by atoms with Crippen molar-refractivity contribution in [3.63, 3.8) is 0 Å². The molecule has 2 aromatic carbocycles. The predicted molar refractivity (Wildman–Crippen MR) is 86.9 cm³/mol. The van der Waals surface area contributed by atoms with Gasteiger partial charge >= 0.3 is 0 Å². The lowest BCUT2D eigenvalue weighted by atomic mass is 9.84. The van der Waals surface area contributed by atoms with Gasteiger partial charge in [0.25, 0.3) is 0 Å². The van der Waals surface area contributed by atoms with Crippen LogP contribution < -0.4 is 19.5 Å². The van der Waals surface area contributed by atoms with Crippen molar-refractivity contribution in [2.75, 3.05) is 18.7 Å². The topological polar surface area (TPSA) is 77.0 Å². The largest absolute Gasteiger partial charge is 0.504 e. The SMILES string of the molecule is CCOc1cc([C@@H]2CC(=O)Nc3cc4c(cc32)OCO4)ccc1O. The molecule has 2 aromatic rings. The Hall–Kier alpha value is -2.89. The number of amides is 1. The highest BCUT2D eigenvalue weighted by Crippen LogP contribution is 2.45. The molecule has 6 nitrogen and oxygen atoms in total. The summed E-state index contributed by atoms with van der Waals surface area (Å²) < 4.78 is 16.3. The zero-order valence-electron chi connectivity index (χ0n) is 13.2. The van der Waals surface area contributed by atoms with Crippen LogP contribution in [-0.4, -0.2) is 24.4 Å². The first kappa shape index (κ1) is 14.7. The highest BCUT2D eigenvalue weighted by atomic mass is 16.7. The molecule has 0 saturated carbocycles. The molecule has 0 saturated heterocycles. The summed E-state index contributed by atoms with van der Waals surface area (Å²) >= 11 is 0. The number of phenolic OH excluding ortho intramolecular Hbond substituents is 1. The first-order valence-electron chi connectivity index (χ1n) is 7.85. The number of fused-ring (bicyclic) bond motifs is 2. The fraction of sp³-hybridized carbons (Fsp3) is 0.278. The molecular weight excluding hydrogens is 310 g/mol. The van der Waals surface area contributed by atoms with E-state index in [4.69, 9.17) is 14.2 Å². The third kappa shape index (κ3) is 2.40. The molecule has 124 valence electrons. The quantitative estimate of drug-likeness (QED) is 0.906. The average Bonchev–Trinajstić information content (AvgIpc) is 3.01. The van der Waals surface area contributed by atoms with Gasteiger partial charge in [0.2, 0.25) is 12.7 Å². The molecule has 0 radical (unpaired) electrons. The fourth-order valence-corrected chi connectivity index (χ4v) is 3.17. The maximum absolute atomic E-state index is 12.1. The maximum Gasteiger partial charge on any atom is 0.231 e. The molecule has 2 N–H and O–H groups in total. The molecule has 6 heteroatoms. The van der Waals surface area contributed by atoms with Crippen molar-refractivity contribution in [1.29, 1.82) is 0 Å². The van der Waals surface area contributed by atoms with Gasteiger partial charge in [-0.25, -0.2) is 0 Å². The zero-order chi connectivity index (χ0) is 16.7. The van der Waals surface area contributed by atoms with Crippen molar-refractivity contribution < 1.29 is 24.1 Å². The minimum absolute atomic E-state index is 0.0580. The van der Waals surface area contributed by atoms with Gasteiger partial charge in [-0.2, -0.15) is 0 Å². The Labute approximate surface area is 139 Å². The Balaban J connectivity index is 1.79. The average molecular weight is 327 g/mol. The van der Waals surface area contributed by atoms with Crippen LogP contribution >= 0.6 is 0 Å². The van der Waals surface area contributed by atoms with Gasteiger partial charge in [0.15, 0.2) is 23.0 Å². The summed E-state index contributed by atoms with van der Waals surface area (Å²) in [4.78, 5) is 12.1. The molecule has 2 heterocycles. The van der Waals surface area contributed by atoms with E-state index in [0.717, 1.165) is 16.8 Å². The summed E-state index contributed by atoms with van der Waals surface area (Å²) in [6.45, 7) is 2.50. The number of phenols is 1. The van der Waals surface area contributed by atoms with E-state index in [1.807, 2.05) is 19.1 Å². The summed E-state index contributed by atoms with van der Waals surface area (Å²) in [6, 6.07) is 8.91. The number of carbonyl (C=O) groups is 1. The molecule has 0 bridgehead atoms. The van der Waals surface area contributed by atoms with E-state index in [-0.39, 0.29) is 24.4 Å². The number of benzene rings is 2. The molecule has 0 spiro atoms. The van der Waals surface area contributed by atoms with Crippen molar-refractivity contribution in [3.05, 3.63) is 41.5 Å². The first-order chi connectivity index (χ1) is 11.7. The molecule has 4 rings (SSSR count). The van der Waals surface area contributed by atoms with E-state index in [0.29, 0.717) is 30.3 Å². The number of rotatable bonds is 3. The minimum atomic E-state index is -0.136. The summed E-state index contributed by atoms with van der Waals surface area (Å²) in [5, 5.41) is 12.8. The van der Waals surface area contributed by atoms with E-state index in [9.17, 15) is 9.90 Å². The number of anilines is 1. The van der Waals surface area contributed by atoms with Crippen LogP contribution in [0, 0.1) is 0 Å². The van der Waals surface area contributed by atoms with Crippen LogP contribution in [0.15, 0.2) is 30.3 Å². The molecule has 1 atom stereocenters. The van der Waals surface area contributed by atoms with E-state index in [1.54, 1.807) is 18.2 Å². The van der Waals surface area contributed by atoms with Gasteiger partial charge in [0, 0.05) is 24.1 Å². The molecule has 0 aromatic heterocycles. The molecule has 0 aliphatic carbocycles. The number of hydrogen-bond donors (Lipinski definition) is 2. The van der Waals surface area contributed by atoms with E-state index >= 15 is 0 Å². The summed E-state index contributed by atoms with van der Waals surface area (Å²) in [5.74, 6) is 1.63. The van der Waals surface area contributed by atoms with Crippen LogP contribution in [-0.2, 0) is 4.79 Å². The molecule has 0 unspecified atom stereocenters. The van der Waals surface area contributed by atoms with Crippen LogP contribution in [0.4, 0.5) is 5.69 Å². The van der Waals surface area contributed by atoms with Crippen LogP contribution in [0.5, 0.6) is 23.0 Å². The molecule has 1 amide bonds. The molecule has 2 aliphatic heterocycles. The predicted octanol–water partition coefficient (Wildman–Crippen LogP) is 2.99. The van der Waals surface area contributed by atoms with Gasteiger partial charge < -0.3 is 24.6 Å². The lowest BCUT2D eigenvalue weighted by molar-refractivity contribution is -0.116. The Morgan fingerprint density at radius 3 is 2.83 bits per heavy atom. The highest BCUT2D eigenvalue weighted by molar-refractivity contribution is 5.96. The molecule has 0 fully saturated rings. The first-order valence-corrected chi connectivity index (χ1v) is 7.85. The van der Waals surface area contributed by atoms with Crippen molar-refractivity contribution >= 4 is 11.6 Å². The fourth-order valence-electron chi connectivity index (χ4n) is 3.17. The Bertz CT molecular complexity index is 817. The van der Waals surface area contributed by atoms with E-state index < -0.39 is 0 Å². The number of carbonyl (C=O) groups excluding carboxylic acids is 1. The van der Waals surface area contributed by atoms with Crippen LogP contribution in [0.2, 0.25) is 0 Å². The number of nitrogens with one attached hydrogen (secondary N) is 1. The molecular formula is C18H17NO5. The van der Waals surface area contributed by atoms with Crippen LogP contribution in [0.3, 0.4) is 0 Å². The number of aromatic hydroxyl groups is 1. The van der Waals surface area contributed by atoms with Gasteiger partial charge in [-0.3, -0.25) is 4.79 Å². The van der Waals surface area contributed by atoms with E-state index in [2.05, 4.69) is 5.32 Å². The Kier molecular flexibility index (Phi) is 3.45. The van der Waals surface area contributed by atoms with Crippen LogP contribution in [0.1, 0.15) is 30.4 Å². The number of ether oxygens (including phenoxy) is 3. The summed E-state index contributed by atoms with van der Waals surface area (Å²) in [7, 11) is 0. The summed E-state index contributed by atoms with van der Waals surface area (Å²) in [5.41, 5.74) is 2.60. The van der Waals surface area contributed by atoms with Gasteiger partial charge in [-0.15, -0.1) is 0 Å². The normalized spacial score (nSPS) is 18.0. The summed E-state index contributed by atoms with van der Waals surface area (Å²) in [6.07, 6.45) is 0.322. The van der Waals surface area contributed by atoms with Crippen molar-refractivity contribution in [1.82, 2.24) is 0 Å². The van der Waals surface area contributed by atoms with Crippen LogP contribution in [0.25, 0.3) is 0 Å². The third-order valence-electron chi connectivity index (χ3n) is 4.27. The van der Waals surface area contributed by atoms with Crippen molar-refractivity contribution in [3.8, 4) is 23.0 Å². The minimum Gasteiger partial charge on any atom is -0.504 e. The van der Waals surface area contributed by atoms with E-state index in [1.165, 1.54) is 0 Å². The van der Waals surface area contributed by atoms with Crippen molar-refractivity contribution in [2.45, 2.75) is 19.3 Å². The van der Waals surface area contributed by atoms with Crippen molar-refractivity contribution in [2.24, 2.45) is 0 Å².